The fraction of sp³-hybridized carbons (Fsp3) is 0.0909. The number of benzene rings is 2. The molecule has 0 saturated carbocycles. The molecule has 0 unspecified atom stereocenters. The van der Waals surface area contributed by atoms with Gasteiger partial charge in [0.2, 0.25) is 5.76 Å². The topological polar surface area (TPSA) is 74.7 Å². The van der Waals surface area contributed by atoms with E-state index in [-0.39, 0.29) is 12.6 Å². The van der Waals surface area contributed by atoms with E-state index in [9.17, 15) is 4.79 Å². The van der Waals surface area contributed by atoms with Crippen LogP contribution < -0.4 is 4.74 Å². The predicted octanol–water partition coefficient (Wildman–Crippen LogP) is 4.92. The summed E-state index contributed by atoms with van der Waals surface area (Å²) in [7, 11) is 0. The minimum Gasteiger partial charge on any atom is -0.461 e. The van der Waals surface area contributed by atoms with Crippen LogP contribution in [0.25, 0.3) is 11.5 Å². The maximum absolute atomic E-state index is 13.0. The van der Waals surface area contributed by atoms with Crippen LogP contribution >= 0.6 is 0 Å². The number of fused-ring (bicyclic) bond motifs is 2. The van der Waals surface area contributed by atoms with Crippen LogP contribution in [0, 0.1) is 0 Å². The lowest BCUT2D eigenvalue weighted by Gasteiger charge is -2.26. The Bertz CT molecular complexity index is 1080. The van der Waals surface area contributed by atoms with E-state index in [2.05, 4.69) is 5.16 Å². The summed E-state index contributed by atoms with van der Waals surface area (Å²) in [5.74, 6) is 1.44. The molecule has 4 aromatic rings. The number of carbonyl (C=O) groups is 1. The molecule has 3 heterocycles. The van der Waals surface area contributed by atoms with Crippen molar-refractivity contribution in [3.63, 3.8) is 0 Å². The molecule has 2 aromatic carbocycles. The van der Waals surface area contributed by atoms with E-state index >= 15 is 0 Å². The molecule has 28 heavy (non-hydrogen) atoms. The smallest absolute Gasteiger partial charge is 0.318 e. The largest absolute Gasteiger partial charge is 0.461 e. The minimum atomic E-state index is -0.558. The first-order valence-electron chi connectivity index (χ1n) is 8.81. The molecule has 0 amide bonds. The number of furan rings is 1. The molecule has 0 radical (unpaired) electrons. The highest BCUT2D eigenvalue weighted by molar-refractivity contribution is 5.85. The Balaban J connectivity index is 1.38. The van der Waals surface area contributed by atoms with Gasteiger partial charge in [-0.15, -0.1) is 0 Å². The van der Waals surface area contributed by atoms with Crippen molar-refractivity contribution >= 4 is 5.97 Å². The summed E-state index contributed by atoms with van der Waals surface area (Å²) in [6, 6.07) is 20.2. The number of rotatable bonds is 4. The molecular weight excluding hydrogens is 358 g/mol. The van der Waals surface area contributed by atoms with E-state index in [4.69, 9.17) is 18.4 Å². The Kier molecular flexibility index (Phi) is 3.94. The predicted molar refractivity (Wildman–Crippen MR) is 98.8 cm³/mol. The van der Waals surface area contributed by atoms with Gasteiger partial charge in [0.25, 0.3) is 0 Å². The van der Waals surface area contributed by atoms with Crippen molar-refractivity contribution in [1.82, 2.24) is 5.16 Å². The fourth-order valence-corrected chi connectivity index (χ4v) is 3.31. The van der Waals surface area contributed by atoms with Crippen LogP contribution in [0.4, 0.5) is 0 Å². The Morgan fingerprint density at radius 1 is 0.929 bits per heavy atom. The van der Waals surface area contributed by atoms with Gasteiger partial charge in [-0.1, -0.05) is 41.6 Å². The van der Waals surface area contributed by atoms with Crippen LogP contribution in [0.5, 0.6) is 11.5 Å². The second kappa shape index (κ2) is 6.74. The first kappa shape index (κ1) is 16.4. The van der Waals surface area contributed by atoms with E-state index in [1.165, 1.54) is 0 Å². The highest BCUT2D eigenvalue weighted by Crippen LogP contribution is 2.44. The molecule has 0 aliphatic carbocycles. The zero-order chi connectivity index (χ0) is 18.9. The first-order valence-corrected chi connectivity index (χ1v) is 8.81. The molecule has 0 bridgehead atoms. The molecule has 0 atom stereocenters. The van der Waals surface area contributed by atoms with Gasteiger partial charge in [0.1, 0.15) is 29.7 Å². The summed E-state index contributed by atoms with van der Waals surface area (Å²) < 4.78 is 22.0. The quantitative estimate of drug-likeness (QED) is 0.473. The molecule has 138 valence electrons. The maximum atomic E-state index is 13.0. The van der Waals surface area contributed by atoms with E-state index in [1.807, 2.05) is 48.5 Å². The van der Waals surface area contributed by atoms with Crippen LogP contribution in [-0.2, 0) is 16.1 Å². The normalized spacial score (nSPS) is 12.7. The van der Waals surface area contributed by atoms with Crippen LogP contribution in [0.3, 0.4) is 0 Å². The number of para-hydroxylation sites is 2. The van der Waals surface area contributed by atoms with Gasteiger partial charge in [-0.05, 0) is 24.3 Å². The highest BCUT2D eigenvalue weighted by Gasteiger charge is 2.33. The summed E-state index contributed by atoms with van der Waals surface area (Å²) in [6.45, 7) is 0.00470. The number of aromatic nitrogens is 1. The van der Waals surface area contributed by atoms with Crippen molar-refractivity contribution < 1.29 is 23.2 Å². The van der Waals surface area contributed by atoms with Crippen molar-refractivity contribution in [3.05, 3.63) is 89.8 Å². The lowest BCUT2D eigenvalue weighted by Crippen LogP contribution is -2.21. The summed E-state index contributed by atoms with van der Waals surface area (Å²) in [6.07, 6.45) is 1.55. The standard InChI is InChI=1S/C22H15NO5/c24-22(26-13-14-12-20(28-23-14)19-10-5-11-25-19)21-15-6-1-3-8-17(15)27-18-9-4-2-7-16(18)21/h1-12,21H,13H2. The van der Waals surface area contributed by atoms with Crippen LogP contribution in [-0.4, -0.2) is 11.1 Å². The van der Waals surface area contributed by atoms with Gasteiger partial charge in [-0.2, -0.15) is 0 Å². The molecule has 0 fully saturated rings. The van der Waals surface area contributed by atoms with Gasteiger partial charge in [-0.25, -0.2) is 0 Å². The number of hydrogen-bond donors (Lipinski definition) is 0. The van der Waals surface area contributed by atoms with Crippen molar-refractivity contribution in [2.24, 2.45) is 0 Å². The molecule has 1 aliphatic rings. The summed E-state index contributed by atoms with van der Waals surface area (Å²) >= 11 is 0. The minimum absolute atomic E-state index is 0.00470. The second-order valence-corrected chi connectivity index (χ2v) is 6.38. The molecule has 1 aliphatic heterocycles. The van der Waals surface area contributed by atoms with Gasteiger partial charge < -0.3 is 18.4 Å². The number of ether oxygens (including phenoxy) is 2. The van der Waals surface area contributed by atoms with Gasteiger partial charge >= 0.3 is 5.97 Å². The maximum Gasteiger partial charge on any atom is 0.318 e. The van der Waals surface area contributed by atoms with E-state index < -0.39 is 5.92 Å². The van der Waals surface area contributed by atoms with Gasteiger partial charge in [0, 0.05) is 17.2 Å². The van der Waals surface area contributed by atoms with Gasteiger partial charge in [0.15, 0.2) is 5.76 Å². The number of esters is 1. The average Bonchev–Trinajstić information content (AvgIpc) is 3.42. The third kappa shape index (κ3) is 2.85. The number of nitrogens with zero attached hydrogens (tertiary/aromatic N) is 1. The van der Waals surface area contributed by atoms with Crippen LogP contribution in [0.2, 0.25) is 0 Å². The molecule has 6 nitrogen and oxygen atoms in total. The lowest BCUT2D eigenvalue weighted by atomic mass is 9.88. The van der Waals surface area contributed by atoms with Crippen molar-refractivity contribution in [3.8, 4) is 23.0 Å². The SMILES string of the molecule is O=C(OCc1cc(-c2ccco2)on1)C1c2ccccc2Oc2ccccc21. The van der Waals surface area contributed by atoms with Crippen molar-refractivity contribution in [1.29, 1.82) is 0 Å². The van der Waals surface area contributed by atoms with Crippen molar-refractivity contribution in [2.45, 2.75) is 12.5 Å². The molecule has 6 heteroatoms. The zero-order valence-corrected chi connectivity index (χ0v) is 14.7. The van der Waals surface area contributed by atoms with Gasteiger partial charge in [0.05, 0.1) is 6.26 Å². The van der Waals surface area contributed by atoms with E-state index in [0.29, 0.717) is 28.7 Å². The Morgan fingerprint density at radius 2 is 1.64 bits per heavy atom. The average molecular weight is 373 g/mol. The van der Waals surface area contributed by atoms with Crippen LogP contribution in [0.1, 0.15) is 22.7 Å². The highest BCUT2D eigenvalue weighted by atomic mass is 16.5. The third-order valence-corrected chi connectivity index (χ3v) is 4.60. The van der Waals surface area contributed by atoms with E-state index in [0.717, 1.165) is 11.1 Å². The molecule has 0 spiro atoms. The zero-order valence-electron chi connectivity index (χ0n) is 14.7. The lowest BCUT2D eigenvalue weighted by molar-refractivity contribution is -0.146. The van der Waals surface area contributed by atoms with Crippen LogP contribution in [0.15, 0.2) is 81.9 Å². The molecule has 0 N–H and O–H groups in total. The Morgan fingerprint density at radius 3 is 2.32 bits per heavy atom. The number of hydrogen-bond acceptors (Lipinski definition) is 6. The Labute approximate surface area is 160 Å². The first-order chi connectivity index (χ1) is 13.8. The summed E-state index contributed by atoms with van der Waals surface area (Å²) in [5.41, 5.74) is 2.07. The third-order valence-electron chi connectivity index (χ3n) is 4.60. The monoisotopic (exact) mass is 373 g/mol. The number of carbonyl (C=O) groups excluding carboxylic acids is 1. The summed E-state index contributed by atoms with van der Waals surface area (Å²) in [5, 5.41) is 3.94. The summed E-state index contributed by atoms with van der Waals surface area (Å²) in [4.78, 5) is 13.0. The second-order valence-electron chi connectivity index (χ2n) is 6.38. The molecular formula is C22H15NO5. The molecule has 5 rings (SSSR count). The fourth-order valence-electron chi connectivity index (χ4n) is 3.31. The molecule has 0 saturated heterocycles. The van der Waals surface area contributed by atoms with Gasteiger partial charge in [-0.3, -0.25) is 4.79 Å². The molecule has 2 aromatic heterocycles. The van der Waals surface area contributed by atoms with E-state index in [1.54, 1.807) is 24.5 Å². The van der Waals surface area contributed by atoms with Crippen molar-refractivity contribution in [2.75, 3.05) is 0 Å². The Hall–Kier alpha value is -3.80.